The molecule has 0 fully saturated rings. The fourth-order valence-electron chi connectivity index (χ4n) is 1.70. The van der Waals surface area contributed by atoms with Crippen LogP contribution in [0.1, 0.15) is 51.8 Å². The zero-order chi connectivity index (χ0) is 15.4. The maximum Gasteiger partial charge on any atom is 0.261 e. The summed E-state index contributed by atoms with van der Waals surface area (Å²) in [4.78, 5) is 28.4. The Kier molecular flexibility index (Phi) is 4.85. The molecule has 0 saturated heterocycles. The molecule has 6 nitrogen and oxygen atoms in total. The summed E-state index contributed by atoms with van der Waals surface area (Å²) < 4.78 is 5.07. The van der Waals surface area contributed by atoms with Crippen molar-refractivity contribution in [2.45, 2.75) is 33.7 Å². The van der Waals surface area contributed by atoms with Crippen LogP contribution in [0.25, 0.3) is 0 Å². The van der Waals surface area contributed by atoms with Crippen molar-refractivity contribution in [1.29, 1.82) is 0 Å². The highest BCUT2D eigenvalue weighted by Crippen LogP contribution is 2.16. The lowest BCUT2D eigenvalue weighted by atomic mass is 10.1. The second-order valence-corrected chi connectivity index (χ2v) is 6.19. The summed E-state index contributed by atoms with van der Waals surface area (Å²) in [5, 5.41) is 6.55. The number of nitrogens with zero attached hydrogens (tertiary/aromatic N) is 2. The number of thiophene rings is 1. The van der Waals surface area contributed by atoms with E-state index in [4.69, 9.17) is 4.52 Å². The SMILES string of the molecule is CC(=O)c1ccc(C(=O)NCc2nc(CC(C)C)no2)s1. The molecule has 0 aliphatic rings. The molecule has 2 aromatic heterocycles. The number of ketones is 1. The number of carbonyl (C=O) groups excluding carboxylic acids is 2. The van der Waals surface area contributed by atoms with E-state index in [0.29, 0.717) is 27.4 Å². The number of amides is 1. The molecule has 0 radical (unpaired) electrons. The fraction of sp³-hybridized carbons (Fsp3) is 0.429. The number of nitrogens with one attached hydrogen (secondary N) is 1. The van der Waals surface area contributed by atoms with Gasteiger partial charge in [-0.25, -0.2) is 0 Å². The average molecular weight is 307 g/mol. The van der Waals surface area contributed by atoms with Gasteiger partial charge in [-0.3, -0.25) is 9.59 Å². The lowest BCUT2D eigenvalue weighted by molar-refractivity contribution is 0.0949. The predicted octanol–water partition coefficient (Wildman–Crippen LogP) is 2.46. The Morgan fingerprint density at radius 1 is 1.33 bits per heavy atom. The molecule has 2 rings (SSSR count). The molecule has 21 heavy (non-hydrogen) atoms. The monoisotopic (exact) mass is 307 g/mol. The van der Waals surface area contributed by atoms with Gasteiger partial charge in [0.1, 0.15) is 0 Å². The van der Waals surface area contributed by atoms with E-state index in [9.17, 15) is 9.59 Å². The standard InChI is InChI=1S/C14H17N3O3S/c1-8(2)6-12-16-13(20-17-12)7-15-14(19)11-5-4-10(21-11)9(3)18/h4-5,8H,6-7H2,1-3H3,(H,15,19). The van der Waals surface area contributed by atoms with Gasteiger partial charge < -0.3 is 9.84 Å². The zero-order valence-corrected chi connectivity index (χ0v) is 13.0. The molecule has 2 heterocycles. The van der Waals surface area contributed by atoms with Crippen LogP contribution in [0.4, 0.5) is 0 Å². The maximum absolute atomic E-state index is 11.9. The molecular formula is C14H17N3O3S. The van der Waals surface area contributed by atoms with E-state index in [0.717, 1.165) is 6.42 Å². The summed E-state index contributed by atoms with van der Waals surface area (Å²) in [7, 11) is 0. The number of hydrogen-bond acceptors (Lipinski definition) is 6. The second kappa shape index (κ2) is 6.62. The molecule has 0 unspecified atom stereocenters. The highest BCUT2D eigenvalue weighted by atomic mass is 32.1. The summed E-state index contributed by atoms with van der Waals surface area (Å²) in [6.07, 6.45) is 0.740. The van der Waals surface area contributed by atoms with Gasteiger partial charge >= 0.3 is 0 Å². The molecule has 7 heteroatoms. The first kappa shape index (κ1) is 15.4. The average Bonchev–Trinajstić information content (AvgIpc) is 3.04. The van der Waals surface area contributed by atoms with Crippen molar-refractivity contribution in [1.82, 2.24) is 15.5 Å². The van der Waals surface area contributed by atoms with Crippen LogP contribution in [0, 0.1) is 5.92 Å². The van der Waals surface area contributed by atoms with Gasteiger partial charge in [0, 0.05) is 6.42 Å². The fourth-order valence-corrected chi connectivity index (χ4v) is 2.52. The van der Waals surface area contributed by atoms with Crippen molar-refractivity contribution in [3.05, 3.63) is 33.6 Å². The van der Waals surface area contributed by atoms with E-state index in [-0.39, 0.29) is 18.2 Å². The van der Waals surface area contributed by atoms with Crippen molar-refractivity contribution < 1.29 is 14.1 Å². The molecule has 0 saturated carbocycles. The van der Waals surface area contributed by atoms with Crippen molar-refractivity contribution >= 4 is 23.0 Å². The van der Waals surface area contributed by atoms with Gasteiger partial charge in [0.05, 0.1) is 16.3 Å². The molecule has 1 amide bonds. The smallest absolute Gasteiger partial charge is 0.261 e. The molecule has 0 aliphatic carbocycles. The summed E-state index contributed by atoms with van der Waals surface area (Å²) >= 11 is 1.17. The molecule has 0 aromatic carbocycles. The topological polar surface area (TPSA) is 85.1 Å². The quantitative estimate of drug-likeness (QED) is 0.829. The number of aromatic nitrogens is 2. The minimum atomic E-state index is -0.254. The zero-order valence-electron chi connectivity index (χ0n) is 12.2. The van der Waals surface area contributed by atoms with Crippen LogP contribution in [0.2, 0.25) is 0 Å². The predicted molar refractivity (Wildman–Crippen MR) is 78.3 cm³/mol. The van der Waals surface area contributed by atoms with Crippen molar-refractivity contribution in [3.63, 3.8) is 0 Å². The first-order valence-electron chi connectivity index (χ1n) is 6.66. The van der Waals surface area contributed by atoms with Crippen LogP contribution < -0.4 is 5.32 Å². The van der Waals surface area contributed by atoms with Crippen molar-refractivity contribution in [3.8, 4) is 0 Å². The van der Waals surface area contributed by atoms with Crippen LogP contribution >= 0.6 is 11.3 Å². The Balaban J connectivity index is 1.91. The van der Waals surface area contributed by atoms with Crippen molar-refractivity contribution in [2.75, 3.05) is 0 Å². The Hall–Kier alpha value is -2.02. The van der Waals surface area contributed by atoms with E-state index < -0.39 is 0 Å². The number of carbonyl (C=O) groups is 2. The summed E-state index contributed by atoms with van der Waals surface area (Å²) in [6.45, 7) is 5.79. The Labute approximate surface area is 126 Å². The molecule has 0 atom stereocenters. The lowest BCUT2D eigenvalue weighted by Gasteiger charge is -1.99. The summed E-state index contributed by atoms with van der Waals surface area (Å²) in [5.74, 6) is 1.16. The van der Waals surface area contributed by atoms with Gasteiger partial charge in [-0.05, 0) is 25.0 Å². The molecule has 1 N–H and O–H groups in total. The van der Waals surface area contributed by atoms with Crippen LogP contribution in [-0.2, 0) is 13.0 Å². The van der Waals surface area contributed by atoms with Crippen molar-refractivity contribution in [2.24, 2.45) is 5.92 Å². The second-order valence-electron chi connectivity index (χ2n) is 5.11. The molecule has 2 aromatic rings. The molecular weight excluding hydrogens is 290 g/mol. The number of hydrogen-bond donors (Lipinski definition) is 1. The van der Waals surface area contributed by atoms with Crippen LogP contribution in [0.3, 0.4) is 0 Å². The third-order valence-electron chi connectivity index (χ3n) is 2.68. The van der Waals surface area contributed by atoms with E-state index >= 15 is 0 Å². The van der Waals surface area contributed by atoms with E-state index in [1.165, 1.54) is 18.3 Å². The Morgan fingerprint density at radius 3 is 2.67 bits per heavy atom. The number of rotatable bonds is 6. The largest absolute Gasteiger partial charge is 0.342 e. The van der Waals surface area contributed by atoms with Crippen LogP contribution in [-0.4, -0.2) is 21.8 Å². The summed E-state index contributed by atoms with van der Waals surface area (Å²) in [5.41, 5.74) is 0. The minimum Gasteiger partial charge on any atom is -0.342 e. The summed E-state index contributed by atoms with van der Waals surface area (Å²) in [6, 6.07) is 3.28. The van der Waals surface area contributed by atoms with E-state index in [1.807, 2.05) is 0 Å². The lowest BCUT2D eigenvalue weighted by Crippen LogP contribution is -2.22. The maximum atomic E-state index is 11.9. The molecule has 0 spiro atoms. The van der Waals surface area contributed by atoms with Crippen LogP contribution in [0.5, 0.6) is 0 Å². The van der Waals surface area contributed by atoms with Gasteiger partial charge in [-0.2, -0.15) is 4.98 Å². The van der Waals surface area contributed by atoms with E-state index in [2.05, 4.69) is 29.3 Å². The highest BCUT2D eigenvalue weighted by Gasteiger charge is 2.13. The minimum absolute atomic E-state index is 0.0470. The first-order valence-corrected chi connectivity index (χ1v) is 7.47. The molecule has 0 aliphatic heterocycles. The third-order valence-corrected chi connectivity index (χ3v) is 3.86. The molecule has 0 bridgehead atoms. The number of Topliss-reactive ketones (excluding diaryl/α,β-unsaturated/α-hetero) is 1. The van der Waals surface area contributed by atoms with E-state index in [1.54, 1.807) is 12.1 Å². The van der Waals surface area contributed by atoms with Crippen LogP contribution in [0.15, 0.2) is 16.7 Å². The third kappa shape index (κ3) is 4.22. The first-order chi connectivity index (χ1) is 9.95. The highest BCUT2D eigenvalue weighted by molar-refractivity contribution is 7.15. The Morgan fingerprint density at radius 2 is 2.05 bits per heavy atom. The molecule has 112 valence electrons. The Bertz CT molecular complexity index is 645. The normalized spacial score (nSPS) is 10.9. The van der Waals surface area contributed by atoms with Gasteiger partial charge in [-0.1, -0.05) is 19.0 Å². The van der Waals surface area contributed by atoms with Gasteiger partial charge in [0.25, 0.3) is 5.91 Å². The van der Waals surface area contributed by atoms with Gasteiger partial charge in [0.2, 0.25) is 5.89 Å². The van der Waals surface area contributed by atoms with Gasteiger partial charge in [0.15, 0.2) is 11.6 Å². The van der Waals surface area contributed by atoms with Gasteiger partial charge in [-0.15, -0.1) is 11.3 Å².